The summed E-state index contributed by atoms with van der Waals surface area (Å²) in [5.74, 6) is 0. The Balaban J connectivity index is 2.03. The van der Waals surface area contributed by atoms with Crippen LogP contribution in [0.4, 0.5) is 0 Å². The van der Waals surface area contributed by atoms with Crippen molar-refractivity contribution in [3.05, 3.63) is 35.4 Å². The molecule has 0 saturated carbocycles. The van der Waals surface area contributed by atoms with Gasteiger partial charge in [0.15, 0.2) is 0 Å². The molecule has 0 bridgehead atoms. The third-order valence-corrected chi connectivity index (χ3v) is 4.61. The van der Waals surface area contributed by atoms with E-state index in [0.717, 1.165) is 6.54 Å². The molecule has 1 fully saturated rings. The zero-order valence-corrected chi connectivity index (χ0v) is 12.2. The van der Waals surface area contributed by atoms with Crippen molar-refractivity contribution in [2.45, 2.75) is 63.5 Å². The molecule has 0 aromatic heterocycles. The molecular weight excluding hydrogens is 238 g/mol. The molecule has 3 heteroatoms. The van der Waals surface area contributed by atoms with E-state index >= 15 is 0 Å². The maximum atomic E-state index is 11.3. The molecule has 1 aromatic rings. The fourth-order valence-electron chi connectivity index (χ4n) is 3.85. The number of nitrogens with one attached hydrogen (secondary N) is 1. The van der Waals surface area contributed by atoms with Crippen LogP contribution in [0.15, 0.2) is 24.3 Å². The molecule has 3 nitrogen and oxygen atoms in total. The largest absolute Gasteiger partial charge is 0.385 e. The lowest BCUT2D eigenvalue weighted by Gasteiger charge is -2.40. The van der Waals surface area contributed by atoms with Gasteiger partial charge in [-0.2, -0.15) is 0 Å². The molecule has 2 heterocycles. The number of hydrogen-bond donors (Lipinski definition) is 2. The molecule has 0 radical (unpaired) electrons. The van der Waals surface area contributed by atoms with Crippen molar-refractivity contribution in [3.8, 4) is 0 Å². The van der Waals surface area contributed by atoms with Crippen molar-refractivity contribution in [3.63, 3.8) is 0 Å². The maximum Gasteiger partial charge on any atom is 0.115 e. The molecule has 19 heavy (non-hydrogen) atoms. The molecule has 2 aliphatic heterocycles. The summed E-state index contributed by atoms with van der Waals surface area (Å²) < 4.78 is 6.09. The first-order chi connectivity index (χ1) is 8.75. The Kier molecular flexibility index (Phi) is 2.63. The van der Waals surface area contributed by atoms with E-state index in [0.29, 0.717) is 6.42 Å². The van der Waals surface area contributed by atoms with Crippen LogP contribution in [0.25, 0.3) is 0 Å². The van der Waals surface area contributed by atoms with Gasteiger partial charge in [0, 0.05) is 13.0 Å². The first-order valence-corrected chi connectivity index (χ1v) is 6.99. The molecule has 1 saturated heterocycles. The summed E-state index contributed by atoms with van der Waals surface area (Å²) in [7, 11) is 0. The second-order valence-electron chi connectivity index (χ2n) is 6.99. The van der Waals surface area contributed by atoms with E-state index in [4.69, 9.17) is 4.74 Å². The molecule has 2 N–H and O–H groups in total. The van der Waals surface area contributed by atoms with Crippen molar-refractivity contribution in [1.29, 1.82) is 0 Å². The maximum absolute atomic E-state index is 11.3. The normalized spacial score (nSPS) is 35.3. The van der Waals surface area contributed by atoms with E-state index in [1.54, 1.807) is 0 Å². The van der Waals surface area contributed by atoms with Gasteiger partial charge in [-0.3, -0.25) is 0 Å². The lowest BCUT2D eigenvalue weighted by molar-refractivity contribution is -0.138. The summed E-state index contributed by atoms with van der Waals surface area (Å²) in [5.41, 5.74) is 0.743. The number of hydrogen-bond acceptors (Lipinski definition) is 3. The number of aliphatic hydroxyl groups is 1. The standard InChI is InChI=1S/C16H23NO2/c1-14(2)10-16(18,15(3,4)19-14)13-12-8-6-5-7-11(12)9-17-13/h5-8,13,17-18H,9-10H2,1-4H3. The van der Waals surface area contributed by atoms with Gasteiger partial charge in [-0.15, -0.1) is 0 Å². The number of fused-ring (bicyclic) bond motifs is 1. The molecule has 0 spiro atoms. The van der Waals surface area contributed by atoms with Gasteiger partial charge in [0.05, 0.1) is 17.2 Å². The van der Waals surface area contributed by atoms with Crippen molar-refractivity contribution < 1.29 is 9.84 Å². The van der Waals surface area contributed by atoms with Gasteiger partial charge in [-0.25, -0.2) is 0 Å². The first-order valence-electron chi connectivity index (χ1n) is 6.99. The quantitative estimate of drug-likeness (QED) is 0.816. The van der Waals surface area contributed by atoms with Gasteiger partial charge in [0.1, 0.15) is 5.60 Å². The topological polar surface area (TPSA) is 41.5 Å². The molecular formula is C16H23NO2. The number of benzene rings is 1. The van der Waals surface area contributed by atoms with Gasteiger partial charge in [-0.05, 0) is 38.8 Å². The van der Waals surface area contributed by atoms with Crippen molar-refractivity contribution >= 4 is 0 Å². The summed E-state index contributed by atoms with van der Waals surface area (Å²) in [6.45, 7) is 8.90. The van der Waals surface area contributed by atoms with Gasteiger partial charge in [-0.1, -0.05) is 24.3 Å². The predicted octanol–water partition coefficient (Wildman–Crippen LogP) is 2.54. The van der Waals surface area contributed by atoms with E-state index in [-0.39, 0.29) is 11.6 Å². The molecule has 0 aliphatic carbocycles. The monoisotopic (exact) mass is 261 g/mol. The Morgan fingerprint density at radius 3 is 2.53 bits per heavy atom. The van der Waals surface area contributed by atoms with E-state index in [9.17, 15) is 5.11 Å². The molecule has 3 rings (SSSR count). The van der Waals surface area contributed by atoms with Crippen LogP contribution in [0.2, 0.25) is 0 Å². The third kappa shape index (κ3) is 1.83. The van der Waals surface area contributed by atoms with Crippen molar-refractivity contribution in [2.24, 2.45) is 0 Å². The molecule has 104 valence electrons. The van der Waals surface area contributed by atoms with Crippen LogP contribution in [0.3, 0.4) is 0 Å². The summed E-state index contributed by atoms with van der Waals surface area (Å²) in [6.07, 6.45) is 0.638. The van der Waals surface area contributed by atoms with Crippen LogP contribution in [-0.4, -0.2) is 21.9 Å². The van der Waals surface area contributed by atoms with E-state index in [2.05, 4.69) is 17.4 Å². The minimum absolute atomic E-state index is 0.0551. The highest BCUT2D eigenvalue weighted by Gasteiger charge is 2.61. The average molecular weight is 261 g/mol. The lowest BCUT2D eigenvalue weighted by Crippen LogP contribution is -2.53. The van der Waals surface area contributed by atoms with Crippen LogP contribution < -0.4 is 5.32 Å². The van der Waals surface area contributed by atoms with Crippen LogP contribution in [0, 0.1) is 0 Å². The average Bonchev–Trinajstić information content (AvgIpc) is 2.76. The summed E-state index contributed by atoms with van der Waals surface area (Å²) >= 11 is 0. The van der Waals surface area contributed by atoms with Crippen LogP contribution in [0.5, 0.6) is 0 Å². The fraction of sp³-hybridized carbons (Fsp3) is 0.625. The molecule has 2 unspecified atom stereocenters. The van der Waals surface area contributed by atoms with Gasteiger partial charge in [0.25, 0.3) is 0 Å². The van der Waals surface area contributed by atoms with E-state index in [1.165, 1.54) is 11.1 Å². The summed E-state index contributed by atoms with van der Waals surface area (Å²) in [5, 5.41) is 14.8. The minimum Gasteiger partial charge on any atom is -0.385 e. The zero-order chi connectivity index (χ0) is 13.9. The second kappa shape index (κ2) is 3.81. The highest BCUT2D eigenvalue weighted by molar-refractivity contribution is 5.37. The molecule has 1 aromatic carbocycles. The van der Waals surface area contributed by atoms with Crippen LogP contribution in [-0.2, 0) is 11.3 Å². The van der Waals surface area contributed by atoms with Crippen LogP contribution >= 0.6 is 0 Å². The Morgan fingerprint density at radius 2 is 1.89 bits per heavy atom. The van der Waals surface area contributed by atoms with E-state index < -0.39 is 11.2 Å². The van der Waals surface area contributed by atoms with Crippen LogP contribution in [0.1, 0.15) is 51.3 Å². The SMILES string of the molecule is CC1(C)CC(O)(C2NCc3ccccc32)C(C)(C)O1. The lowest BCUT2D eigenvalue weighted by atomic mass is 9.75. The number of rotatable bonds is 1. The van der Waals surface area contributed by atoms with Gasteiger partial charge in [0.2, 0.25) is 0 Å². The Labute approximate surface area is 115 Å². The minimum atomic E-state index is -0.886. The molecule has 2 aliphatic rings. The number of ether oxygens (including phenoxy) is 1. The smallest absolute Gasteiger partial charge is 0.115 e. The predicted molar refractivity (Wildman–Crippen MR) is 74.8 cm³/mol. The first kappa shape index (κ1) is 13.1. The van der Waals surface area contributed by atoms with Gasteiger partial charge < -0.3 is 15.2 Å². The molecule has 2 atom stereocenters. The second-order valence-corrected chi connectivity index (χ2v) is 6.99. The van der Waals surface area contributed by atoms with Crippen molar-refractivity contribution in [2.75, 3.05) is 0 Å². The summed E-state index contributed by atoms with van der Waals surface area (Å²) in [6, 6.07) is 8.27. The highest BCUT2D eigenvalue weighted by atomic mass is 16.5. The fourth-order valence-corrected chi connectivity index (χ4v) is 3.85. The zero-order valence-electron chi connectivity index (χ0n) is 12.2. The Bertz CT molecular complexity index is 509. The van der Waals surface area contributed by atoms with E-state index in [1.807, 2.05) is 39.8 Å². The van der Waals surface area contributed by atoms with Crippen molar-refractivity contribution in [1.82, 2.24) is 5.32 Å². The molecule has 0 amide bonds. The third-order valence-electron chi connectivity index (χ3n) is 4.61. The Hall–Kier alpha value is -0.900. The van der Waals surface area contributed by atoms with Gasteiger partial charge >= 0.3 is 0 Å². The highest BCUT2D eigenvalue weighted by Crippen LogP contribution is 2.52. The Morgan fingerprint density at radius 1 is 1.21 bits per heavy atom. The summed E-state index contributed by atoms with van der Waals surface area (Å²) in [4.78, 5) is 0.